The van der Waals surface area contributed by atoms with Gasteiger partial charge in [-0.25, -0.2) is 0 Å². The molecule has 0 saturated carbocycles. The summed E-state index contributed by atoms with van der Waals surface area (Å²) in [5, 5.41) is 0. The Morgan fingerprint density at radius 2 is 1.43 bits per heavy atom. The summed E-state index contributed by atoms with van der Waals surface area (Å²) in [5.74, 6) is 0. The lowest BCUT2D eigenvalue weighted by Gasteiger charge is -2.12. The predicted octanol–water partition coefficient (Wildman–Crippen LogP) is 6.01. The molecule has 0 radical (unpaired) electrons. The topological polar surface area (TPSA) is 0 Å². The largest absolute Gasteiger partial charge is 0.0835 e. The first-order chi connectivity index (χ1) is 10.3. The van der Waals surface area contributed by atoms with Crippen LogP contribution in [0, 0.1) is 0 Å². The predicted molar refractivity (Wildman–Crippen MR) is 92.7 cm³/mol. The molecule has 1 unspecified atom stereocenters. The molecule has 3 aromatic carbocycles. The van der Waals surface area contributed by atoms with Gasteiger partial charge in [0.25, 0.3) is 0 Å². The van der Waals surface area contributed by atoms with E-state index < -0.39 is 0 Å². The fraction of sp³-hybridized carbons (Fsp3) is 0.100. The highest BCUT2D eigenvalue weighted by atomic mass is 79.9. The van der Waals surface area contributed by atoms with Gasteiger partial charge in [0.05, 0.1) is 0 Å². The molecule has 0 spiro atoms. The van der Waals surface area contributed by atoms with E-state index in [1.165, 1.54) is 33.4 Å². The summed E-state index contributed by atoms with van der Waals surface area (Å²) < 4.78 is 0. The first kappa shape index (κ1) is 12.8. The minimum Gasteiger partial charge on any atom is -0.0835 e. The van der Waals surface area contributed by atoms with Gasteiger partial charge in [0.1, 0.15) is 0 Å². The normalized spacial score (nSPS) is 16.1. The lowest BCUT2D eigenvalue weighted by Crippen LogP contribution is -1.95. The summed E-state index contributed by atoms with van der Waals surface area (Å²) in [4.78, 5) is 0.355. The van der Waals surface area contributed by atoms with Crippen LogP contribution in [0.5, 0.6) is 0 Å². The zero-order valence-electron chi connectivity index (χ0n) is 11.6. The molecule has 2 aliphatic rings. The number of hydrogen-bond donors (Lipinski definition) is 0. The molecule has 0 aliphatic heterocycles. The summed E-state index contributed by atoms with van der Waals surface area (Å²) in [6.45, 7) is 0. The fourth-order valence-electron chi connectivity index (χ4n) is 3.03. The summed E-state index contributed by atoms with van der Waals surface area (Å²) in [5.41, 5.74) is 7.88. The number of fused-ring (bicyclic) bond motifs is 3. The van der Waals surface area contributed by atoms with Crippen molar-refractivity contribution in [1.29, 1.82) is 0 Å². The summed E-state index contributed by atoms with van der Waals surface area (Å²) in [6, 6.07) is 26.5. The minimum absolute atomic E-state index is 0.355. The van der Waals surface area contributed by atoms with Crippen LogP contribution in [-0.2, 0) is 6.42 Å². The molecule has 0 fully saturated rings. The Kier molecular flexibility index (Phi) is 3.16. The number of benzene rings is 3. The Balaban J connectivity index is 2.04. The van der Waals surface area contributed by atoms with E-state index in [2.05, 4.69) is 88.7 Å². The molecule has 1 heteroatoms. The van der Waals surface area contributed by atoms with Crippen LogP contribution < -0.4 is 0 Å². The van der Waals surface area contributed by atoms with Gasteiger partial charge in [0.2, 0.25) is 0 Å². The van der Waals surface area contributed by atoms with E-state index >= 15 is 0 Å². The van der Waals surface area contributed by atoms with Crippen LogP contribution in [-0.4, -0.2) is 0 Å². The number of hydrogen-bond acceptors (Lipinski definition) is 0. The standard InChI is InChI=1S/C20H15Br/c21-20-12-14-8-10-15(11-9-14)18-6-1-2-7-19(18)16-4-3-5-17(20)13-16/h1-11,13,20H,12H2. The van der Waals surface area contributed by atoms with Crippen molar-refractivity contribution in [3.05, 3.63) is 83.9 Å². The number of alkyl halides is 1. The molecule has 1 atom stereocenters. The maximum atomic E-state index is 3.84. The minimum atomic E-state index is 0.355. The van der Waals surface area contributed by atoms with Crippen LogP contribution in [0.1, 0.15) is 16.0 Å². The molecule has 21 heavy (non-hydrogen) atoms. The zero-order chi connectivity index (χ0) is 14.2. The van der Waals surface area contributed by atoms with Crippen molar-refractivity contribution in [3.63, 3.8) is 0 Å². The van der Waals surface area contributed by atoms with Crippen molar-refractivity contribution in [3.8, 4) is 22.3 Å². The summed E-state index contributed by atoms with van der Waals surface area (Å²) >= 11 is 3.84. The van der Waals surface area contributed by atoms with Crippen LogP contribution in [0.25, 0.3) is 22.3 Å². The number of halogens is 1. The van der Waals surface area contributed by atoms with Crippen LogP contribution in [0.4, 0.5) is 0 Å². The third kappa shape index (κ3) is 2.32. The monoisotopic (exact) mass is 334 g/mol. The van der Waals surface area contributed by atoms with E-state index in [1.54, 1.807) is 0 Å². The molecule has 2 aliphatic carbocycles. The van der Waals surface area contributed by atoms with Gasteiger partial charge in [-0.2, -0.15) is 0 Å². The molecule has 3 aromatic rings. The molecule has 0 aromatic heterocycles. The number of rotatable bonds is 0. The highest BCUT2D eigenvalue weighted by molar-refractivity contribution is 9.09. The molecular weight excluding hydrogens is 320 g/mol. The van der Waals surface area contributed by atoms with Gasteiger partial charge < -0.3 is 0 Å². The van der Waals surface area contributed by atoms with Crippen LogP contribution in [0.3, 0.4) is 0 Å². The third-order valence-corrected chi connectivity index (χ3v) is 5.02. The smallest absolute Gasteiger partial charge is 0.0435 e. The van der Waals surface area contributed by atoms with Gasteiger partial charge in [-0.15, -0.1) is 0 Å². The Morgan fingerprint density at radius 3 is 2.19 bits per heavy atom. The molecule has 4 bridgehead atoms. The zero-order valence-corrected chi connectivity index (χ0v) is 13.2. The van der Waals surface area contributed by atoms with Crippen LogP contribution in [0.15, 0.2) is 72.8 Å². The second-order valence-corrected chi connectivity index (χ2v) is 6.64. The van der Waals surface area contributed by atoms with Gasteiger partial charge in [-0.3, -0.25) is 0 Å². The van der Waals surface area contributed by atoms with Crippen molar-refractivity contribution < 1.29 is 0 Å². The Bertz CT molecular complexity index is 787. The van der Waals surface area contributed by atoms with E-state index in [1.807, 2.05) is 0 Å². The van der Waals surface area contributed by atoms with E-state index in [0.29, 0.717) is 4.83 Å². The van der Waals surface area contributed by atoms with E-state index in [0.717, 1.165) is 6.42 Å². The van der Waals surface area contributed by atoms with Gasteiger partial charge >= 0.3 is 0 Å². The molecule has 0 nitrogen and oxygen atoms in total. The molecule has 102 valence electrons. The van der Waals surface area contributed by atoms with Crippen molar-refractivity contribution in [2.75, 3.05) is 0 Å². The first-order valence-corrected chi connectivity index (χ1v) is 8.15. The molecule has 0 N–H and O–H groups in total. The van der Waals surface area contributed by atoms with Crippen molar-refractivity contribution in [1.82, 2.24) is 0 Å². The summed E-state index contributed by atoms with van der Waals surface area (Å²) in [6.07, 6.45) is 1.01. The molecule has 0 heterocycles. The van der Waals surface area contributed by atoms with Gasteiger partial charge in [0.15, 0.2) is 0 Å². The average Bonchev–Trinajstić information content (AvgIpc) is 2.57. The van der Waals surface area contributed by atoms with Crippen molar-refractivity contribution in [2.24, 2.45) is 0 Å². The lowest BCUT2D eigenvalue weighted by molar-refractivity contribution is 0.950. The van der Waals surface area contributed by atoms with E-state index in [9.17, 15) is 0 Å². The maximum Gasteiger partial charge on any atom is 0.0435 e. The summed E-state index contributed by atoms with van der Waals surface area (Å²) in [7, 11) is 0. The van der Waals surface area contributed by atoms with Crippen molar-refractivity contribution in [2.45, 2.75) is 11.2 Å². The molecule has 0 amide bonds. The highest BCUT2D eigenvalue weighted by Gasteiger charge is 2.14. The van der Waals surface area contributed by atoms with Crippen molar-refractivity contribution >= 4 is 15.9 Å². The average molecular weight is 335 g/mol. The van der Waals surface area contributed by atoms with Gasteiger partial charge in [-0.1, -0.05) is 82.7 Å². The van der Waals surface area contributed by atoms with Crippen LogP contribution >= 0.6 is 15.9 Å². The van der Waals surface area contributed by atoms with E-state index in [4.69, 9.17) is 0 Å². The highest BCUT2D eigenvalue weighted by Crippen LogP contribution is 2.36. The Morgan fingerprint density at radius 1 is 0.714 bits per heavy atom. The first-order valence-electron chi connectivity index (χ1n) is 7.24. The van der Waals surface area contributed by atoms with E-state index in [-0.39, 0.29) is 0 Å². The molecule has 0 saturated heterocycles. The molecule has 5 rings (SSSR count). The van der Waals surface area contributed by atoms with Gasteiger partial charge in [0, 0.05) is 4.83 Å². The SMILES string of the molecule is BrC1Cc2ccc(cc2)-c2ccccc2-c2cccc1c2. The van der Waals surface area contributed by atoms with Gasteiger partial charge in [-0.05, 0) is 45.9 Å². The third-order valence-electron chi connectivity index (χ3n) is 4.17. The van der Waals surface area contributed by atoms with Crippen LogP contribution in [0.2, 0.25) is 0 Å². The molecular formula is C20H15Br. The second kappa shape index (κ2) is 5.16. The quantitative estimate of drug-likeness (QED) is 0.441. The Hall–Kier alpha value is -1.86. The second-order valence-electron chi connectivity index (χ2n) is 5.54. The fourth-order valence-corrected chi connectivity index (χ4v) is 3.69. The maximum absolute atomic E-state index is 3.84. The lowest BCUT2D eigenvalue weighted by atomic mass is 9.94. The Labute approximate surface area is 133 Å².